The Bertz CT molecular complexity index is 958. The highest BCUT2D eigenvalue weighted by atomic mass is 32.2. The summed E-state index contributed by atoms with van der Waals surface area (Å²) in [5.74, 6) is 0.638. The van der Waals surface area contributed by atoms with Crippen LogP contribution in [0.15, 0.2) is 47.4 Å². The average Bonchev–Trinajstić information content (AvgIpc) is 3.08. The lowest BCUT2D eigenvalue weighted by atomic mass is 9.95. The topological polar surface area (TPSA) is 79.2 Å². The smallest absolute Gasteiger partial charge is 0.402 e. The minimum absolute atomic E-state index is 0.125. The van der Waals surface area contributed by atoms with Crippen LogP contribution in [0.3, 0.4) is 0 Å². The van der Waals surface area contributed by atoms with Crippen LogP contribution in [0.2, 0.25) is 36.3 Å². The molecule has 1 aromatic carbocycles. The van der Waals surface area contributed by atoms with E-state index >= 15 is 0 Å². The summed E-state index contributed by atoms with van der Waals surface area (Å²) in [4.78, 5) is 14.4. The van der Waals surface area contributed by atoms with Gasteiger partial charge >= 0.3 is 6.09 Å². The molecular weight excluding hydrogens is 531 g/mol. The number of carbonyl (C=O) groups is 1. The molecule has 0 unspecified atom stereocenters. The van der Waals surface area contributed by atoms with Crippen LogP contribution in [0.4, 0.5) is 4.79 Å². The van der Waals surface area contributed by atoms with Crippen LogP contribution in [0.25, 0.3) is 0 Å². The van der Waals surface area contributed by atoms with E-state index in [2.05, 4.69) is 74.3 Å². The number of rotatable bonds is 11. The van der Waals surface area contributed by atoms with Crippen molar-refractivity contribution in [3.63, 3.8) is 0 Å². The van der Waals surface area contributed by atoms with E-state index in [1.807, 2.05) is 41.8 Å². The van der Waals surface area contributed by atoms with E-state index in [1.165, 1.54) is 0 Å². The van der Waals surface area contributed by atoms with E-state index in [9.17, 15) is 15.0 Å². The molecule has 1 aliphatic rings. The first kappa shape index (κ1) is 33.1. The third kappa shape index (κ3) is 7.54. The molecule has 1 aromatic rings. The Morgan fingerprint density at radius 2 is 1.63 bits per heavy atom. The number of nitrogens with zero attached hydrogens (tertiary/aromatic N) is 1. The van der Waals surface area contributed by atoms with Crippen molar-refractivity contribution in [2.75, 3.05) is 5.75 Å². The number of carbonyl (C=O) groups excluding carboxylic acids is 1. The summed E-state index contributed by atoms with van der Waals surface area (Å²) >= 11 is 1.65. The summed E-state index contributed by atoms with van der Waals surface area (Å²) in [7, 11) is -4.81. The second-order valence-corrected chi connectivity index (χ2v) is 24.6. The van der Waals surface area contributed by atoms with Crippen molar-refractivity contribution in [2.45, 2.75) is 127 Å². The van der Waals surface area contributed by atoms with Crippen molar-refractivity contribution in [1.82, 2.24) is 4.57 Å². The van der Waals surface area contributed by atoms with Crippen molar-refractivity contribution >= 4 is 34.4 Å². The third-order valence-electron chi connectivity index (χ3n) is 8.69. The largest absolute Gasteiger partial charge is 0.445 e. The van der Waals surface area contributed by atoms with Crippen LogP contribution in [-0.2, 0) is 9.16 Å². The molecule has 1 heterocycles. The molecule has 0 saturated carbocycles. The Morgan fingerprint density at radius 3 is 2.13 bits per heavy atom. The maximum atomic E-state index is 13.3. The predicted molar refractivity (Wildman–Crippen MR) is 164 cm³/mol. The quantitative estimate of drug-likeness (QED) is 0.166. The fourth-order valence-corrected chi connectivity index (χ4v) is 8.73. The Kier molecular flexibility index (Phi) is 10.6. The monoisotopic (exact) mass is 581 g/mol. The minimum Gasteiger partial charge on any atom is -0.445 e. The standard InChI is InChI=1S/C29H51NO5SSi2/c1-20(19-36-22-16-14-13-15-17-22)18-23(31)25(32)26(35-38(11,12)29(6,7)8)24-21(2)34-27(33)30(24)37(9,10)28(3,4)5/h13-17,21,23-26,31-32H,1,18-19H2,2-12H3/t21-,23-,24+,25+,26+/m1/s1. The van der Waals surface area contributed by atoms with Gasteiger partial charge in [0, 0.05) is 10.6 Å². The summed E-state index contributed by atoms with van der Waals surface area (Å²) in [6, 6.07) is 9.54. The Morgan fingerprint density at radius 1 is 1.08 bits per heavy atom. The van der Waals surface area contributed by atoms with Gasteiger partial charge < -0.3 is 23.9 Å². The van der Waals surface area contributed by atoms with Gasteiger partial charge in [-0.25, -0.2) is 4.79 Å². The van der Waals surface area contributed by atoms with Crippen LogP contribution < -0.4 is 0 Å². The first-order valence-corrected chi connectivity index (χ1v) is 20.4. The van der Waals surface area contributed by atoms with Gasteiger partial charge in [0.25, 0.3) is 0 Å². The van der Waals surface area contributed by atoms with Crippen molar-refractivity contribution < 1.29 is 24.2 Å². The number of hydrogen-bond donors (Lipinski definition) is 2. The number of amides is 1. The van der Waals surface area contributed by atoms with Crippen LogP contribution in [-0.4, -0.2) is 73.6 Å². The van der Waals surface area contributed by atoms with Crippen molar-refractivity contribution in [3.8, 4) is 0 Å². The number of hydrogen-bond acceptors (Lipinski definition) is 6. The number of aliphatic hydroxyl groups is 2. The molecule has 1 aliphatic heterocycles. The highest BCUT2D eigenvalue weighted by Crippen LogP contribution is 2.45. The van der Waals surface area contributed by atoms with Crippen molar-refractivity contribution in [1.29, 1.82) is 0 Å². The maximum Gasteiger partial charge on any atom is 0.402 e. The number of aliphatic hydroxyl groups excluding tert-OH is 2. The number of thioether (sulfide) groups is 1. The van der Waals surface area contributed by atoms with Crippen molar-refractivity contribution in [2.24, 2.45) is 0 Å². The van der Waals surface area contributed by atoms with Crippen LogP contribution in [0, 0.1) is 0 Å². The van der Waals surface area contributed by atoms with Gasteiger partial charge in [-0.15, -0.1) is 11.8 Å². The van der Waals surface area contributed by atoms with Crippen LogP contribution >= 0.6 is 11.8 Å². The van der Waals surface area contributed by atoms with E-state index in [-0.39, 0.29) is 22.6 Å². The summed E-state index contributed by atoms with van der Waals surface area (Å²) in [5, 5.41) is 22.8. The molecule has 38 heavy (non-hydrogen) atoms. The Balaban J connectivity index is 2.38. The van der Waals surface area contributed by atoms with Gasteiger partial charge in [0.2, 0.25) is 0 Å². The van der Waals surface area contributed by atoms with Gasteiger partial charge in [-0.3, -0.25) is 0 Å². The summed E-state index contributed by atoms with van der Waals surface area (Å²) in [6.45, 7) is 27.5. The van der Waals surface area contributed by atoms with Crippen LogP contribution in [0.1, 0.15) is 54.9 Å². The lowest BCUT2D eigenvalue weighted by Crippen LogP contribution is -2.66. The van der Waals surface area contributed by atoms with Gasteiger partial charge in [0.1, 0.15) is 12.2 Å². The predicted octanol–water partition coefficient (Wildman–Crippen LogP) is 7.05. The number of benzene rings is 1. The van der Waals surface area contributed by atoms with E-state index in [0.717, 1.165) is 10.5 Å². The Labute approximate surface area is 237 Å². The van der Waals surface area contributed by atoms with Gasteiger partial charge in [0.05, 0.1) is 18.2 Å². The highest BCUT2D eigenvalue weighted by molar-refractivity contribution is 7.99. The zero-order chi connectivity index (χ0) is 29.3. The zero-order valence-corrected chi connectivity index (χ0v) is 28.2. The lowest BCUT2D eigenvalue weighted by molar-refractivity contribution is -0.0762. The average molecular weight is 582 g/mol. The molecular formula is C29H51NO5SSi2. The van der Waals surface area contributed by atoms with E-state index in [4.69, 9.17) is 9.16 Å². The molecule has 6 nitrogen and oxygen atoms in total. The van der Waals surface area contributed by atoms with Crippen molar-refractivity contribution in [3.05, 3.63) is 42.5 Å². The molecule has 1 fully saturated rings. The molecule has 0 bridgehead atoms. The summed E-state index contributed by atoms with van der Waals surface area (Å²) in [5.41, 5.74) is 0.838. The zero-order valence-electron chi connectivity index (χ0n) is 25.4. The molecule has 0 radical (unpaired) electrons. The summed E-state index contributed by atoms with van der Waals surface area (Å²) in [6.07, 6.45) is -3.69. The number of ether oxygens (including phenoxy) is 1. The van der Waals surface area contributed by atoms with Crippen LogP contribution in [0.5, 0.6) is 0 Å². The molecule has 2 N–H and O–H groups in total. The Hall–Kier alpha value is -1.11. The van der Waals surface area contributed by atoms with Gasteiger partial charge in [-0.05, 0) is 48.6 Å². The van der Waals surface area contributed by atoms with Gasteiger partial charge in [-0.1, -0.05) is 85.0 Å². The first-order valence-electron chi connectivity index (χ1n) is 13.6. The molecule has 2 rings (SSSR count). The SMILES string of the molecule is C=C(CSc1ccccc1)C[C@@H](O)[C@H](O)[C@@H](O[Si](C)(C)C(C)(C)C)[C@@H]1[C@@H](C)OC(=O)N1[Si](C)(C)C(C)(C)C. The second-order valence-electron chi connectivity index (χ2n) is 13.7. The lowest BCUT2D eigenvalue weighted by Gasteiger charge is -2.50. The molecule has 0 aliphatic carbocycles. The van der Waals surface area contributed by atoms with E-state index < -0.39 is 47.0 Å². The molecule has 0 aromatic heterocycles. The third-order valence-corrected chi connectivity index (χ3v) is 19.7. The number of cyclic esters (lactones) is 1. The fraction of sp³-hybridized carbons (Fsp3) is 0.690. The highest BCUT2D eigenvalue weighted by Gasteiger charge is 2.58. The molecule has 0 spiro atoms. The molecule has 9 heteroatoms. The molecule has 216 valence electrons. The van der Waals surface area contributed by atoms with E-state index in [1.54, 1.807) is 11.8 Å². The molecule has 1 amide bonds. The normalized spacial score (nSPS) is 21.7. The first-order chi connectivity index (χ1) is 17.2. The summed E-state index contributed by atoms with van der Waals surface area (Å²) < 4.78 is 14.6. The molecule has 5 atom stereocenters. The van der Waals surface area contributed by atoms with E-state index in [0.29, 0.717) is 5.75 Å². The fourth-order valence-electron chi connectivity index (χ4n) is 4.25. The minimum atomic E-state index is -2.41. The van der Waals surface area contributed by atoms with Gasteiger partial charge in [-0.2, -0.15) is 0 Å². The van der Waals surface area contributed by atoms with Gasteiger partial charge in [0.15, 0.2) is 16.6 Å². The molecule has 1 saturated heterocycles. The maximum absolute atomic E-state index is 13.3. The second kappa shape index (κ2) is 12.2.